The minimum atomic E-state index is -0.434. The number of primary amides is 1. The number of nitrogens with zero attached hydrogens (tertiary/aromatic N) is 1. The maximum atomic E-state index is 12.3. The summed E-state index contributed by atoms with van der Waals surface area (Å²) < 4.78 is 0. The molecule has 0 saturated carbocycles. The van der Waals surface area contributed by atoms with Crippen molar-refractivity contribution >= 4 is 11.8 Å². The van der Waals surface area contributed by atoms with Gasteiger partial charge in [0, 0.05) is 24.6 Å². The van der Waals surface area contributed by atoms with Gasteiger partial charge in [0.05, 0.1) is 0 Å². The molecule has 1 unspecified atom stereocenters. The maximum Gasteiger partial charge on any atom is 0.248 e. The van der Waals surface area contributed by atoms with Crippen molar-refractivity contribution in [2.45, 2.75) is 25.8 Å². The summed E-state index contributed by atoms with van der Waals surface area (Å²) in [5, 5.41) is 3.02. The van der Waals surface area contributed by atoms with Gasteiger partial charge in [0.1, 0.15) is 0 Å². The monoisotopic (exact) mass is 369 g/mol. The van der Waals surface area contributed by atoms with Gasteiger partial charge in [0.15, 0.2) is 0 Å². The number of nitrogens with one attached hydrogen (secondary N) is 1. The first kappa shape index (κ1) is 22.4. The Morgan fingerprint density at radius 2 is 1.85 bits per heavy atom. The summed E-state index contributed by atoms with van der Waals surface area (Å²) in [6, 6.07) is 7.40. The zero-order valence-corrected chi connectivity index (χ0v) is 16.6. The van der Waals surface area contributed by atoms with Crippen molar-refractivity contribution in [3.63, 3.8) is 0 Å². The van der Waals surface area contributed by atoms with Crippen LogP contribution in [0.3, 0.4) is 0 Å². The van der Waals surface area contributed by atoms with E-state index in [1.165, 1.54) is 0 Å². The Kier molecular flexibility index (Phi) is 9.23. The molecule has 0 aliphatic heterocycles. The molecule has 1 rings (SSSR count). The molecule has 0 spiro atoms. The Morgan fingerprint density at radius 1 is 1.22 bits per heavy atom. The van der Waals surface area contributed by atoms with Crippen LogP contribution in [-0.4, -0.2) is 43.4 Å². The summed E-state index contributed by atoms with van der Waals surface area (Å²) in [5.74, 6) is -0.341. The van der Waals surface area contributed by atoms with Crippen LogP contribution in [0.4, 0.5) is 0 Å². The summed E-state index contributed by atoms with van der Waals surface area (Å²) in [5.41, 5.74) is 7.85. The van der Waals surface area contributed by atoms with Crippen LogP contribution in [0, 0.1) is 5.92 Å². The highest BCUT2D eigenvalue weighted by molar-refractivity contribution is 5.92. The second-order valence-corrected chi connectivity index (χ2v) is 6.90. The van der Waals surface area contributed by atoms with Crippen LogP contribution in [0.25, 0.3) is 0 Å². The number of hydrogen-bond donors (Lipinski definition) is 2. The van der Waals surface area contributed by atoms with E-state index in [4.69, 9.17) is 5.73 Å². The molecule has 1 aromatic rings. The molecule has 27 heavy (non-hydrogen) atoms. The first-order valence-corrected chi connectivity index (χ1v) is 9.05. The Hall–Kier alpha value is -2.66. The minimum absolute atomic E-state index is 0.00948. The quantitative estimate of drug-likeness (QED) is 0.589. The van der Waals surface area contributed by atoms with Crippen LogP contribution in [0.1, 0.15) is 29.3 Å². The Labute approximate surface area is 162 Å². The number of amides is 2. The summed E-state index contributed by atoms with van der Waals surface area (Å²) in [6.07, 6.45) is 6.51. The van der Waals surface area contributed by atoms with Crippen LogP contribution < -0.4 is 11.1 Å². The predicted octanol–water partition coefficient (Wildman–Crippen LogP) is 2.70. The highest BCUT2D eigenvalue weighted by atomic mass is 16.1. The summed E-state index contributed by atoms with van der Waals surface area (Å²) >= 11 is 0. The summed E-state index contributed by atoms with van der Waals surface area (Å²) in [7, 11) is 3.97. The van der Waals surface area contributed by atoms with Crippen LogP contribution in [-0.2, 0) is 11.2 Å². The van der Waals surface area contributed by atoms with Gasteiger partial charge >= 0.3 is 0 Å². The molecule has 5 heteroatoms. The van der Waals surface area contributed by atoms with Crippen LogP contribution in [0.2, 0.25) is 0 Å². The number of allylic oxidation sites excluding steroid dienone is 4. The zero-order valence-electron chi connectivity index (χ0n) is 16.6. The van der Waals surface area contributed by atoms with E-state index in [0.717, 1.165) is 17.6 Å². The van der Waals surface area contributed by atoms with E-state index >= 15 is 0 Å². The normalized spacial score (nSPS) is 13.7. The lowest BCUT2D eigenvalue weighted by atomic mass is 9.96. The highest BCUT2D eigenvalue weighted by Gasteiger charge is 2.16. The second kappa shape index (κ2) is 11.1. The Balaban J connectivity index is 2.63. The molecule has 2 atom stereocenters. The number of likely N-dealkylation sites (N-methyl/N-ethyl adjacent to an activating group) is 1. The average Bonchev–Trinajstić information content (AvgIpc) is 2.63. The molecule has 0 heterocycles. The third kappa shape index (κ3) is 7.62. The van der Waals surface area contributed by atoms with E-state index in [2.05, 4.69) is 23.4 Å². The van der Waals surface area contributed by atoms with E-state index in [-0.39, 0.29) is 17.9 Å². The number of hydrogen-bond acceptors (Lipinski definition) is 3. The molecule has 5 nitrogen and oxygen atoms in total. The first-order chi connectivity index (χ1) is 12.8. The third-order valence-corrected chi connectivity index (χ3v) is 4.58. The van der Waals surface area contributed by atoms with Crippen LogP contribution in [0.5, 0.6) is 0 Å². The van der Waals surface area contributed by atoms with E-state index in [1.807, 2.05) is 39.2 Å². The lowest BCUT2D eigenvalue weighted by Crippen LogP contribution is -2.42. The van der Waals surface area contributed by atoms with Crippen molar-refractivity contribution in [1.82, 2.24) is 10.2 Å². The van der Waals surface area contributed by atoms with Gasteiger partial charge in [-0.25, -0.2) is 0 Å². The standard InChI is InChI=1S/C22H31N3O2/c1-6-8-18(7-2)16(3)13-21(26)24-15-20(25(4)5)14-17-9-11-19(12-10-17)22(23)27/h6-12,16,20H,1-2,13-15H2,3-5H3,(H2,23,27)(H,24,26)/b18-8+/t16-,20?/m0/s1. The summed E-state index contributed by atoms with van der Waals surface area (Å²) in [4.78, 5) is 25.6. The molecular formula is C22H31N3O2. The van der Waals surface area contributed by atoms with Crippen LogP contribution >= 0.6 is 0 Å². The average molecular weight is 370 g/mol. The molecule has 0 bridgehead atoms. The van der Waals surface area contributed by atoms with E-state index < -0.39 is 5.91 Å². The van der Waals surface area contributed by atoms with Crippen molar-refractivity contribution in [2.24, 2.45) is 11.7 Å². The molecular weight excluding hydrogens is 338 g/mol. The predicted molar refractivity (Wildman–Crippen MR) is 111 cm³/mol. The van der Waals surface area contributed by atoms with Gasteiger partial charge in [-0.2, -0.15) is 0 Å². The SMILES string of the molecule is C=C/C=C(\C=C)[C@@H](C)CC(=O)NCC(Cc1ccc(C(N)=O)cc1)N(C)C. The van der Waals surface area contributed by atoms with Crippen molar-refractivity contribution < 1.29 is 9.59 Å². The first-order valence-electron chi connectivity index (χ1n) is 9.05. The fourth-order valence-corrected chi connectivity index (χ4v) is 2.78. The van der Waals surface area contributed by atoms with Gasteiger partial charge in [-0.15, -0.1) is 0 Å². The molecule has 0 radical (unpaired) electrons. The van der Waals surface area contributed by atoms with E-state index in [1.54, 1.807) is 24.3 Å². The number of carbonyl (C=O) groups excluding carboxylic acids is 2. The molecule has 0 saturated heterocycles. The highest BCUT2D eigenvalue weighted by Crippen LogP contribution is 2.16. The molecule has 2 amide bonds. The smallest absolute Gasteiger partial charge is 0.248 e. The van der Waals surface area contributed by atoms with E-state index in [0.29, 0.717) is 18.5 Å². The molecule has 3 N–H and O–H groups in total. The fourth-order valence-electron chi connectivity index (χ4n) is 2.78. The van der Waals surface area contributed by atoms with Crippen molar-refractivity contribution in [3.05, 3.63) is 72.4 Å². The molecule has 0 aliphatic carbocycles. The molecule has 0 aromatic heterocycles. The lowest BCUT2D eigenvalue weighted by Gasteiger charge is -2.25. The molecule has 146 valence electrons. The molecule has 0 aliphatic rings. The number of rotatable bonds is 11. The topological polar surface area (TPSA) is 75.4 Å². The number of benzene rings is 1. The fraction of sp³-hybridized carbons (Fsp3) is 0.364. The second-order valence-electron chi connectivity index (χ2n) is 6.90. The summed E-state index contributed by atoms with van der Waals surface area (Å²) in [6.45, 7) is 10.0. The largest absolute Gasteiger partial charge is 0.366 e. The molecule has 1 aromatic carbocycles. The van der Waals surface area contributed by atoms with Gasteiger partial charge in [0.25, 0.3) is 0 Å². The number of nitrogens with two attached hydrogens (primary N) is 1. The van der Waals surface area contributed by atoms with Gasteiger partial charge in [0.2, 0.25) is 11.8 Å². The number of carbonyl (C=O) groups is 2. The maximum absolute atomic E-state index is 12.3. The Bertz CT molecular complexity index is 690. The van der Waals surface area contributed by atoms with Gasteiger partial charge < -0.3 is 16.0 Å². The van der Waals surface area contributed by atoms with Gasteiger partial charge in [-0.3, -0.25) is 9.59 Å². The van der Waals surface area contributed by atoms with Gasteiger partial charge in [-0.1, -0.05) is 50.4 Å². The zero-order chi connectivity index (χ0) is 20.4. The van der Waals surface area contributed by atoms with Crippen molar-refractivity contribution in [1.29, 1.82) is 0 Å². The lowest BCUT2D eigenvalue weighted by molar-refractivity contribution is -0.121. The minimum Gasteiger partial charge on any atom is -0.366 e. The van der Waals surface area contributed by atoms with Gasteiger partial charge in [-0.05, 0) is 49.7 Å². The van der Waals surface area contributed by atoms with Crippen molar-refractivity contribution in [3.8, 4) is 0 Å². The third-order valence-electron chi connectivity index (χ3n) is 4.58. The van der Waals surface area contributed by atoms with E-state index in [9.17, 15) is 9.59 Å². The molecule has 0 fully saturated rings. The van der Waals surface area contributed by atoms with Crippen molar-refractivity contribution in [2.75, 3.05) is 20.6 Å². The van der Waals surface area contributed by atoms with Crippen LogP contribution in [0.15, 0.2) is 61.2 Å². The Morgan fingerprint density at radius 3 is 2.33 bits per heavy atom.